The minimum absolute atomic E-state index is 0.0911. The molecule has 2 aromatic rings. The monoisotopic (exact) mass is 340 g/mol. The Balaban J connectivity index is 2.43. The molecule has 0 aliphatic carbocycles. The Bertz CT molecular complexity index is 696. The van der Waals surface area contributed by atoms with Crippen molar-refractivity contribution < 1.29 is 9.84 Å². The van der Waals surface area contributed by atoms with Crippen LogP contribution in [-0.2, 0) is 4.74 Å². The maximum Gasteiger partial charge on any atom is 0.256 e. The molecule has 118 valence electrons. The highest BCUT2D eigenvalue weighted by molar-refractivity contribution is 7.98. The van der Waals surface area contributed by atoms with Crippen molar-refractivity contribution in [2.24, 2.45) is 4.99 Å². The number of aromatic nitrogens is 4. The van der Waals surface area contributed by atoms with E-state index in [4.69, 9.17) is 16.3 Å². The number of hydrogen-bond donors (Lipinski definition) is 0. The van der Waals surface area contributed by atoms with E-state index in [0.717, 1.165) is 0 Å². The summed E-state index contributed by atoms with van der Waals surface area (Å²) in [5, 5.41) is 16.9. The van der Waals surface area contributed by atoms with Crippen molar-refractivity contribution >= 4 is 35.4 Å². The number of aliphatic imine (C=N–C) groups is 1. The summed E-state index contributed by atoms with van der Waals surface area (Å²) in [4.78, 5) is 12.2. The third kappa shape index (κ3) is 4.35. The van der Waals surface area contributed by atoms with Gasteiger partial charge in [-0.1, -0.05) is 50.2 Å². The predicted molar refractivity (Wildman–Crippen MR) is 83.9 cm³/mol. The van der Waals surface area contributed by atoms with Crippen LogP contribution in [0.5, 0.6) is 0 Å². The molecule has 7 nitrogen and oxygen atoms in total. The van der Waals surface area contributed by atoms with Crippen LogP contribution < -0.4 is 5.11 Å². The SMILES string of the molecule is CSc1nc(N=C([O-])OC(C)(C)C)n(-c2cccc(Cl)n2)n1. The van der Waals surface area contributed by atoms with Crippen LogP contribution in [-0.4, -0.2) is 37.7 Å². The summed E-state index contributed by atoms with van der Waals surface area (Å²) in [6.07, 6.45) is 1.08. The molecule has 0 atom stereocenters. The van der Waals surface area contributed by atoms with E-state index in [0.29, 0.717) is 16.1 Å². The Hall–Kier alpha value is -1.80. The van der Waals surface area contributed by atoms with Crippen LogP contribution in [0.25, 0.3) is 5.82 Å². The van der Waals surface area contributed by atoms with E-state index in [2.05, 4.69) is 20.1 Å². The largest absolute Gasteiger partial charge is 0.594 e. The van der Waals surface area contributed by atoms with Gasteiger partial charge in [0, 0.05) is 5.60 Å². The first kappa shape index (κ1) is 16.6. The molecule has 2 aromatic heterocycles. The van der Waals surface area contributed by atoms with Crippen LogP contribution >= 0.6 is 23.4 Å². The van der Waals surface area contributed by atoms with E-state index in [1.807, 2.05) is 6.26 Å². The van der Waals surface area contributed by atoms with Gasteiger partial charge >= 0.3 is 0 Å². The molecule has 0 amide bonds. The topological polar surface area (TPSA) is 88.3 Å². The third-order valence-corrected chi connectivity index (χ3v) is 3.00. The highest BCUT2D eigenvalue weighted by atomic mass is 35.5. The molecule has 0 aliphatic heterocycles. The van der Waals surface area contributed by atoms with E-state index in [-0.39, 0.29) is 5.95 Å². The van der Waals surface area contributed by atoms with Gasteiger partial charge in [-0.2, -0.15) is 14.7 Å². The summed E-state index contributed by atoms with van der Waals surface area (Å²) in [6.45, 7) is 5.28. The zero-order valence-corrected chi connectivity index (χ0v) is 14.1. The third-order valence-electron chi connectivity index (χ3n) is 2.26. The lowest BCUT2D eigenvalue weighted by atomic mass is 10.2. The molecule has 0 aliphatic rings. The van der Waals surface area contributed by atoms with Crippen LogP contribution in [0.15, 0.2) is 28.3 Å². The van der Waals surface area contributed by atoms with Crippen LogP contribution in [0, 0.1) is 0 Å². The predicted octanol–water partition coefficient (Wildman–Crippen LogP) is 2.20. The smallest absolute Gasteiger partial charge is 0.256 e. The molecule has 2 heterocycles. The normalized spacial score (nSPS) is 12.5. The van der Waals surface area contributed by atoms with Gasteiger partial charge in [-0.25, -0.2) is 4.98 Å². The summed E-state index contributed by atoms with van der Waals surface area (Å²) in [5.74, 6) is 0.510. The van der Waals surface area contributed by atoms with E-state index >= 15 is 0 Å². The second-order valence-corrected chi connectivity index (χ2v) is 6.38. The maximum atomic E-state index is 11.9. The Morgan fingerprint density at radius 1 is 1.36 bits per heavy atom. The highest BCUT2D eigenvalue weighted by Crippen LogP contribution is 2.21. The fourth-order valence-electron chi connectivity index (χ4n) is 1.48. The second-order valence-electron chi connectivity index (χ2n) is 5.22. The molecule has 0 spiro atoms. The summed E-state index contributed by atoms with van der Waals surface area (Å²) < 4.78 is 6.51. The zero-order valence-electron chi connectivity index (χ0n) is 12.6. The van der Waals surface area contributed by atoms with E-state index in [9.17, 15) is 5.11 Å². The van der Waals surface area contributed by atoms with Crippen LogP contribution in [0.2, 0.25) is 5.15 Å². The van der Waals surface area contributed by atoms with Gasteiger partial charge in [0.05, 0.1) is 0 Å². The number of ether oxygens (including phenoxy) is 1. The van der Waals surface area contributed by atoms with Crippen LogP contribution in [0.3, 0.4) is 0 Å². The molecule has 0 fully saturated rings. The molecule has 0 saturated carbocycles. The van der Waals surface area contributed by atoms with Crippen molar-refractivity contribution in [2.75, 3.05) is 6.26 Å². The number of hydrogen-bond acceptors (Lipinski definition) is 7. The summed E-state index contributed by atoms with van der Waals surface area (Å²) in [6, 6.07) is 5.06. The van der Waals surface area contributed by atoms with Crippen molar-refractivity contribution in [2.45, 2.75) is 31.5 Å². The molecule has 0 N–H and O–H groups in total. The summed E-state index contributed by atoms with van der Waals surface area (Å²) in [5.41, 5.74) is -0.637. The van der Waals surface area contributed by atoms with Gasteiger partial charge in [-0.05, 0) is 18.4 Å². The molecule has 0 bridgehead atoms. The summed E-state index contributed by atoms with van der Waals surface area (Å²) in [7, 11) is 0. The van der Waals surface area contributed by atoms with Gasteiger partial charge in [0.2, 0.25) is 5.16 Å². The van der Waals surface area contributed by atoms with Gasteiger partial charge in [-0.15, -0.1) is 5.10 Å². The fraction of sp³-hybridized carbons (Fsp3) is 0.385. The van der Waals surface area contributed by atoms with Gasteiger partial charge in [0.15, 0.2) is 11.9 Å². The van der Waals surface area contributed by atoms with Crippen LogP contribution in [0.4, 0.5) is 5.95 Å². The molecule has 0 unspecified atom stereocenters. The summed E-state index contributed by atoms with van der Waals surface area (Å²) >= 11 is 7.21. The minimum atomic E-state index is -0.740. The Morgan fingerprint density at radius 2 is 2.09 bits per heavy atom. The van der Waals surface area contributed by atoms with Gasteiger partial charge in [-0.3, -0.25) is 0 Å². The van der Waals surface area contributed by atoms with Crippen molar-refractivity contribution in [3.63, 3.8) is 0 Å². The fourth-order valence-corrected chi connectivity index (χ4v) is 1.98. The number of halogens is 1. The number of nitrogens with zero attached hydrogens (tertiary/aromatic N) is 5. The van der Waals surface area contributed by atoms with Gasteiger partial charge in [0.1, 0.15) is 5.15 Å². The molecular formula is C13H15ClN5O2S-. The average Bonchev–Trinajstić information content (AvgIpc) is 2.79. The first-order valence-corrected chi connectivity index (χ1v) is 7.97. The molecule has 9 heteroatoms. The van der Waals surface area contributed by atoms with Crippen molar-refractivity contribution in [1.82, 2.24) is 19.7 Å². The van der Waals surface area contributed by atoms with Gasteiger partial charge in [0.25, 0.3) is 5.95 Å². The Labute approximate surface area is 137 Å². The van der Waals surface area contributed by atoms with E-state index in [1.54, 1.807) is 39.0 Å². The van der Waals surface area contributed by atoms with E-state index < -0.39 is 11.7 Å². The van der Waals surface area contributed by atoms with E-state index in [1.165, 1.54) is 16.4 Å². The number of rotatable bonds is 3. The van der Waals surface area contributed by atoms with Crippen molar-refractivity contribution in [3.8, 4) is 5.82 Å². The lowest BCUT2D eigenvalue weighted by Gasteiger charge is -2.29. The van der Waals surface area contributed by atoms with Gasteiger partial charge < -0.3 is 9.84 Å². The standard InChI is InChI=1S/C13H16ClN5O2S/c1-13(2,3)21-12(20)17-10-16-11(22-4)18-19(10)9-7-5-6-8(14)15-9/h5-7H,1-4H3,(H,16,17,18,20)/p-1. The molecule has 0 aromatic carbocycles. The lowest BCUT2D eigenvalue weighted by molar-refractivity contribution is -0.259. The Kier molecular flexibility index (Phi) is 4.92. The quantitative estimate of drug-likeness (QED) is 0.368. The number of thioether (sulfide) groups is 1. The molecule has 0 saturated heterocycles. The second kappa shape index (κ2) is 6.53. The molecule has 2 rings (SSSR count). The zero-order chi connectivity index (χ0) is 16.3. The number of pyridine rings is 1. The lowest BCUT2D eigenvalue weighted by Crippen LogP contribution is -2.31. The first-order chi connectivity index (χ1) is 10.3. The van der Waals surface area contributed by atoms with Crippen molar-refractivity contribution in [3.05, 3.63) is 23.4 Å². The Morgan fingerprint density at radius 3 is 2.68 bits per heavy atom. The molecule has 22 heavy (non-hydrogen) atoms. The van der Waals surface area contributed by atoms with Crippen LogP contribution in [0.1, 0.15) is 20.8 Å². The minimum Gasteiger partial charge on any atom is -0.594 e. The molecular weight excluding hydrogens is 326 g/mol. The maximum absolute atomic E-state index is 11.9. The first-order valence-electron chi connectivity index (χ1n) is 6.37. The molecule has 0 radical (unpaired) electrons. The highest BCUT2D eigenvalue weighted by Gasteiger charge is 2.13. The average molecular weight is 341 g/mol. The van der Waals surface area contributed by atoms with Crippen molar-refractivity contribution in [1.29, 1.82) is 0 Å².